The van der Waals surface area contributed by atoms with E-state index in [9.17, 15) is 0 Å². The fourth-order valence-electron chi connectivity index (χ4n) is 1.78. The number of ether oxygens (including phenoxy) is 1. The summed E-state index contributed by atoms with van der Waals surface area (Å²) in [5, 5.41) is 19.1. The van der Waals surface area contributed by atoms with Crippen molar-refractivity contribution in [2.45, 2.75) is 12.3 Å². The van der Waals surface area contributed by atoms with E-state index in [1.807, 2.05) is 6.07 Å². The Bertz CT molecular complexity index is 561. The van der Waals surface area contributed by atoms with E-state index >= 15 is 0 Å². The van der Waals surface area contributed by atoms with Crippen LogP contribution in [0.1, 0.15) is 23.9 Å². The molecule has 0 radical (unpaired) electrons. The number of aromatic nitrogens is 4. The number of rotatable bonds is 2. The number of H-pyrrole nitrogens is 1. The number of nitriles is 1. The van der Waals surface area contributed by atoms with Crippen molar-refractivity contribution >= 4 is 0 Å². The molecule has 7 nitrogen and oxygen atoms in total. The van der Waals surface area contributed by atoms with Crippen LogP contribution in [0.2, 0.25) is 0 Å². The van der Waals surface area contributed by atoms with Crippen LogP contribution in [0.25, 0.3) is 11.5 Å². The number of nitrogens with zero attached hydrogens (tertiary/aromatic N) is 4. The maximum Gasteiger partial charge on any atom is 0.262 e. The van der Waals surface area contributed by atoms with Crippen LogP contribution < -0.4 is 0 Å². The second kappa shape index (κ2) is 3.99. The molecule has 0 aliphatic carbocycles. The zero-order chi connectivity index (χ0) is 11.7. The second-order valence-electron chi connectivity index (χ2n) is 3.79. The van der Waals surface area contributed by atoms with Gasteiger partial charge in [0.2, 0.25) is 0 Å². The molecule has 0 amide bonds. The summed E-state index contributed by atoms with van der Waals surface area (Å²) in [4.78, 5) is 4.27. The van der Waals surface area contributed by atoms with E-state index in [1.165, 1.54) is 6.20 Å². The SMILES string of the molecule is N#Cc1[nH]ncc1-c1nc(C2CCOC2)no1. The normalized spacial score (nSPS) is 19.4. The van der Waals surface area contributed by atoms with E-state index in [4.69, 9.17) is 14.5 Å². The van der Waals surface area contributed by atoms with E-state index < -0.39 is 0 Å². The predicted octanol–water partition coefficient (Wildman–Crippen LogP) is 0.835. The molecule has 86 valence electrons. The minimum absolute atomic E-state index is 0.185. The lowest BCUT2D eigenvalue weighted by atomic mass is 10.1. The van der Waals surface area contributed by atoms with E-state index in [1.54, 1.807) is 0 Å². The summed E-state index contributed by atoms with van der Waals surface area (Å²) < 4.78 is 10.4. The van der Waals surface area contributed by atoms with Crippen LogP contribution in [0.3, 0.4) is 0 Å². The summed E-state index contributed by atoms with van der Waals surface area (Å²) >= 11 is 0. The van der Waals surface area contributed by atoms with Crippen LogP contribution in [-0.4, -0.2) is 33.6 Å². The van der Waals surface area contributed by atoms with E-state index in [0.717, 1.165) is 13.0 Å². The van der Waals surface area contributed by atoms with Gasteiger partial charge < -0.3 is 9.26 Å². The van der Waals surface area contributed by atoms with E-state index in [2.05, 4.69) is 20.3 Å². The smallest absolute Gasteiger partial charge is 0.262 e. The summed E-state index contributed by atoms with van der Waals surface area (Å²) in [5.41, 5.74) is 0.855. The number of hydrogen-bond donors (Lipinski definition) is 1. The molecular weight excluding hydrogens is 222 g/mol. The molecule has 1 atom stereocenters. The summed E-state index contributed by atoms with van der Waals surface area (Å²) in [6, 6.07) is 1.98. The quantitative estimate of drug-likeness (QED) is 0.821. The molecule has 3 heterocycles. The van der Waals surface area contributed by atoms with Gasteiger partial charge in [0.05, 0.1) is 18.4 Å². The summed E-state index contributed by atoms with van der Waals surface area (Å²) in [6.07, 6.45) is 2.40. The standard InChI is InChI=1S/C10H9N5O2/c11-3-8-7(4-12-14-8)10-13-9(15-17-10)6-1-2-16-5-6/h4,6H,1-2,5H2,(H,12,14). The van der Waals surface area contributed by atoms with Crippen molar-refractivity contribution in [3.8, 4) is 17.5 Å². The average molecular weight is 231 g/mol. The van der Waals surface area contributed by atoms with Gasteiger partial charge in [-0.25, -0.2) is 0 Å². The second-order valence-corrected chi connectivity index (χ2v) is 3.79. The molecule has 1 aliphatic heterocycles. The van der Waals surface area contributed by atoms with Crippen LogP contribution in [0, 0.1) is 11.3 Å². The summed E-state index contributed by atoms with van der Waals surface area (Å²) in [6.45, 7) is 1.35. The first-order valence-electron chi connectivity index (χ1n) is 5.23. The lowest BCUT2D eigenvalue weighted by Crippen LogP contribution is -1.99. The van der Waals surface area contributed by atoms with E-state index in [0.29, 0.717) is 29.6 Å². The molecule has 3 rings (SSSR count). The van der Waals surface area contributed by atoms with Gasteiger partial charge >= 0.3 is 0 Å². The topological polar surface area (TPSA) is 101 Å². The number of nitrogens with one attached hydrogen (secondary N) is 1. The Balaban J connectivity index is 1.92. The molecule has 17 heavy (non-hydrogen) atoms. The van der Waals surface area contributed by atoms with Gasteiger partial charge in [0, 0.05) is 12.5 Å². The van der Waals surface area contributed by atoms with Crippen LogP contribution in [0.15, 0.2) is 10.7 Å². The first kappa shape index (κ1) is 9.99. The highest BCUT2D eigenvalue weighted by Gasteiger charge is 2.24. The van der Waals surface area contributed by atoms with Crippen molar-refractivity contribution in [3.63, 3.8) is 0 Å². The Morgan fingerprint density at radius 2 is 2.47 bits per heavy atom. The fraction of sp³-hybridized carbons (Fsp3) is 0.400. The van der Waals surface area contributed by atoms with Crippen molar-refractivity contribution in [2.75, 3.05) is 13.2 Å². The first-order valence-corrected chi connectivity index (χ1v) is 5.23. The van der Waals surface area contributed by atoms with Gasteiger partial charge in [-0.05, 0) is 6.42 Å². The van der Waals surface area contributed by atoms with Gasteiger partial charge in [0.25, 0.3) is 5.89 Å². The molecule has 1 unspecified atom stereocenters. The Kier molecular flexibility index (Phi) is 2.34. The Morgan fingerprint density at radius 3 is 3.24 bits per heavy atom. The molecule has 0 saturated carbocycles. The van der Waals surface area contributed by atoms with Gasteiger partial charge in [0.1, 0.15) is 11.8 Å². The minimum Gasteiger partial charge on any atom is -0.381 e. The van der Waals surface area contributed by atoms with Crippen LogP contribution in [0.5, 0.6) is 0 Å². The lowest BCUT2D eigenvalue weighted by molar-refractivity contribution is 0.192. The average Bonchev–Trinajstić information content (AvgIpc) is 3.09. The Hall–Kier alpha value is -2.20. The van der Waals surface area contributed by atoms with Gasteiger partial charge in [-0.3, -0.25) is 5.10 Å². The molecule has 2 aromatic heterocycles. The molecular formula is C10H9N5O2. The van der Waals surface area contributed by atoms with Crippen LogP contribution in [-0.2, 0) is 4.74 Å². The lowest BCUT2D eigenvalue weighted by Gasteiger charge is -1.97. The van der Waals surface area contributed by atoms with Gasteiger partial charge in [-0.2, -0.15) is 15.3 Å². The highest BCUT2D eigenvalue weighted by molar-refractivity contribution is 5.59. The Labute approximate surface area is 96.4 Å². The highest BCUT2D eigenvalue weighted by atomic mass is 16.5. The zero-order valence-electron chi connectivity index (χ0n) is 8.88. The van der Waals surface area contributed by atoms with Crippen molar-refractivity contribution < 1.29 is 9.26 Å². The monoisotopic (exact) mass is 231 g/mol. The molecule has 1 aliphatic rings. The predicted molar refractivity (Wildman–Crippen MR) is 54.8 cm³/mol. The number of hydrogen-bond acceptors (Lipinski definition) is 6. The third-order valence-electron chi connectivity index (χ3n) is 2.72. The molecule has 7 heteroatoms. The molecule has 1 fully saturated rings. The number of aromatic amines is 1. The maximum absolute atomic E-state index is 8.86. The highest BCUT2D eigenvalue weighted by Crippen LogP contribution is 2.26. The van der Waals surface area contributed by atoms with Gasteiger partial charge in [0.15, 0.2) is 5.82 Å². The molecule has 2 aromatic rings. The maximum atomic E-state index is 8.86. The van der Waals surface area contributed by atoms with Crippen molar-refractivity contribution in [3.05, 3.63) is 17.7 Å². The van der Waals surface area contributed by atoms with Crippen molar-refractivity contribution in [1.29, 1.82) is 5.26 Å². The van der Waals surface area contributed by atoms with Crippen molar-refractivity contribution in [1.82, 2.24) is 20.3 Å². The third kappa shape index (κ3) is 1.68. The Morgan fingerprint density at radius 1 is 1.53 bits per heavy atom. The zero-order valence-corrected chi connectivity index (χ0v) is 8.88. The summed E-state index contributed by atoms with van der Waals surface area (Å²) in [5.74, 6) is 1.13. The third-order valence-corrected chi connectivity index (χ3v) is 2.72. The van der Waals surface area contributed by atoms with Gasteiger partial charge in [-0.15, -0.1) is 0 Å². The van der Waals surface area contributed by atoms with Crippen molar-refractivity contribution in [2.24, 2.45) is 0 Å². The first-order chi connectivity index (χ1) is 8.38. The molecule has 0 aromatic carbocycles. The fourth-order valence-corrected chi connectivity index (χ4v) is 1.78. The molecule has 1 N–H and O–H groups in total. The molecule has 1 saturated heterocycles. The summed E-state index contributed by atoms with van der Waals surface area (Å²) in [7, 11) is 0. The van der Waals surface area contributed by atoms with Crippen LogP contribution >= 0.6 is 0 Å². The van der Waals surface area contributed by atoms with Crippen LogP contribution in [0.4, 0.5) is 0 Å². The van der Waals surface area contributed by atoms with Gasteiger partial charge in [-0.1, -0.05) is 5.16 Å². The molecule has 0 bridgehead atoms. The van der Waals surface area contributed by atoms with E-state index in [-0.39, 0.29) is 5.92 Å². The largest absolute Gasteiger partial charge is 0.381 e. The minimum atomic E-state index is 0.185. The molecule has 0 spiro atoms.